The Bertz CT molecular complexity index is 414. The summed E-state index contributed by atoms with van der Waals surface area (Å²) in [5, 5.41) is 10.5. The maximum atomic E-state index is 9.16. The van der Waals surface area contributed by atoms with Crippen LogP contribution in [0.5, 0.6) is 0 Å². The molecule has 2 unspecified atom stereocenters. The number of aliphatic hydroxyl groups excluding tert-OH is 1. The number of rotatable bonds is 3. The van der Waals surface area contributed by atoms with Gasteiger partial charge < -0.3 is 9.84 Å². The molecule has 5 heteroatoms. The monoisotopic (exact) mass is 289 g/mol. The first-order chi connectivity index (χ1) is 8.60. The highest BCUT2D eigenvalue weighted by molar-refractivity contribution is 6.35. The molecule has 0 spiro atoms. The Morgan fingerprint density at radius 1 is 1.44 bits per heavy atom. The molecular formula is C13H17Cl2NO2. The third-order valence-corrected chi connectivity index (χ3v) is 3.81. The number of halogens is 2. The highest BCUT2D eigenvalue weighted by atomic mass is 35.5. The van der Waals surface area contributed by atoms with E-state index in [1.807, 2.05) is 12.1 Å². The zero-order valence-electron chi connectivity index (χ0n) is 10.3. The van der Waals surface area contributed by atoms with Crippen molar-refractivity contribution in [2.24, 2.45) is 0 Å². The normalized spacial score (nSPS) is 25.3. The minimum Gasteiger partial charge on any atom is -0.394 e. The van der Waals surface area contributed by atoms with E-state index in [1.165, 1.54) is 0 Å². The summed E-state index contributed by atoms with van der Waals surface area (Å²) in [7, 11) is 0. The molecule has 1 aromatic rings. The highest BCUT2D eigenvalue weighted by Crippen LogP contribution is 2.24. The maximum Gasteiger partial charge on any atom is 0.0933 e. The third-order valence-electron chi connectivity index (χ3n) is 3.23. The summed E-state index contributed by atoms with van der Waals surface area (Å²) in [5.74, 6) is 0. The van der Waals surface area contributed by atoms with E-state index in [2.05, 4.69) is 11.8 Å². The van der Waals surface area contributed by atoms with Gasteiger partial charge in [0.2, 0.25) is 0 Å². The second-order valence-corrected chi connectivity index (χ2v) is 5.50. The number of hydrogen-bond donors (Lipinski definition) is 1. The largest absolute Gasteiger partial charge is 0.394 e. The third kappa shape index (κ3) is 3.37. The molecule has 100 valence electrons. The van der Waals surface area contributed by atoms with Gasteiger partial charge in [0.1, 0.15) is 0 Å². The molecule has 0 aliphatic carbocycles. The molecule has 1 heterocycles. The molecule has 2 atom stereocenters. The van der Waals surface area contributed by atoms with Gasteiger partial charge in [-0.1, -0.05) is 29.3 Å². The van der Waals surface area contributed by atoms with Crippen LogP contribution in [0.2, 0.25) is 10.0 Å². The van der Waals surface area contributed by atoms with Crippen LogP contribution in [0.25, 0.3) is 0 Å². The average molecular weight is 290 g/mol. The maximum absolute atomic E-state index is 9.16. The highest BCUT2D eigenvalue weighted by Gasteiger charge is 2.25. The summed E-state index contributed by atoms with van der Waals surface area (Å²) < 4.78 is 5.51. The van der Waals surface area contributed by atoms with Gasteiger partial charge in [0.25, 0.3) is 0 Å². The van der Waals surface area contributed by atoms with Gasteiger partial charge in [-0.25, -0.2) is 0 Å². The van der Waals surface area contributed by atoms with E-state index >= 15 is 0 Å². The Morgan fingerprint density at radius 3 is 2.89 bits per heavy atom. The number of aliphatic hydroxyl groups is 1. The SMILES string of the molecule is CC1COC(CO)CN1Cc1ccc(Cl)cc1Cl. The van der Waals surface area contributed by atoms with Gasteiger partial charge in [-0.3, -0.25) is 4.90 Å². The minimum atomic E-state index is -0.104. The van der Waals surface area contributed by atoms with Gasteiger partial charge in [0.05, 0.1) is 19.3 Å². The molecule has 0 saturated carbocycles. The predicted octanol–water partition coefficient (Wildman–Crippen LogP) is 2.58. The lowest BCUT2D eigenvalue weighted by Gasteiger charge is -2.37. The molecule has 3 nitrogen and oxygen atoms in total. The van der Waals surface area contributed by atoms with Crippen LogP contribution in [-0.2, 0) is 11.3 Å². The first-order valence-electron chi connectivity index (χ1n) is 6.00. The second-order valence-electron chi connectivity index (χ2n) is 4.65. The van der Waals surface area contributed by atoms with Crippen LogP contribution in [0.4, 0.5) is 0 Å². The zero-order valence-corrected chi connectivity index (χ0v) is 11.8. The summed E-state index contributed by atoms with van der Waals surface area (Å²) in [6.45, 7) is 4.26. The topological polar surface area (TPSA) is 32.7 Å². The number of hydrogen-bond acceptors (Lipinski definition) is 3. The molecule has 0 bridgehead atoms. The lowest BCUT2D eigenvalue weighted by atomic mass is 10.1. The molecule has 1 aromatic carbocycles. The quantitative estimate of drug-likeness (QED) is 0.928. The van der Waals surface area contributed by atoms with Crippen molar-refractivity contribution < 1.29 is 9.84 Å². The van der Waals surface area contributed by atoms with Crippen molar-refractivity contribution >= 4 is 23.2 Å². The van der Waals surface area contributed by atoms with E-state index < -0.39 is 0 Å². The molecule has 18 heavy (non-hydrogen) atoms. The first kappa shape index (κ1) is 14.1. The van der Waals surface area contributed by atoms with Crippen molar-refractivity contribution in [3.05, 3.63) is 33.8 Å². The molecule has 1 aliphatic heterocycles. The van der Waals surface area contributed by atoms with E-state index in [0.29, 0.717) is 22.7 Å². The first-order valence-corrected chi connectivity index (χ1v) is 6.76. The number of morpholine rings is 1. The van der Waals surface area contributed by atoms with E-state index in [0.717, 1.165) is 18.7 Å². The fraction of sp³-hybridized carbons (Fsp3) is 0.538. The van der Waals surface area contributed by atoms with Crippen molar-refractivity contribution in [2.75, 3.05) is 19.8 Å². The van der Waals surface area contributed by atoms with Crippen molar-refractivity contribution in [1.29, 1.82) is 0 Å². The molecule has 0 aromatic heterocycles. The molecule has 1 N–H and O–H groups in total. The van der Waals surface area contributed by atoms with Crippen LogP contribution in [0.1, 0.15) is 12.5 Å². The fourth-order valence-electron chi connectivity index (χ4n) is 2.07. The summed E-state index contributed by atoms with van der Waals surface area (Å²) in [5.41, 5.74) is 1.05. The number of ether oxygens (including phenoxy) is 1. The van der Waals surface area contributed by atoms with Crippen LogP contribution >= 0.6 is 23.2 Å². The van der Waals surface area contributed by atoms with Crippen LogP contribution in [0, 0.1) is 0 Å². The van der Waals surface area contributed by atoms with E-state index in [9.17, 15) is 0 Å². The van der Waals surface area contributed by atoms with Crippen LogP contribution in [0.3, 0.4) is 0 Å². The van der Waals surface area contributed by atoms with Gasteiger partial charge in [0, 0.05) is 29.2 Å². The Kier molecular flexibility index (Phi) is 4.87. The average Bonchev–Trinajstić information content (AvgIpc) is 2.35. The molecule has 0 radical (unpaired) electrons. The van der Waals surface area contributed by atoms with Crippen molar-refractivity contribution in [3.8, 4) is 0 Å². The molecule has 0 amide bonds. The van der Waals surface area contributed by atoms with E-state index in [4.69, 9.17) is 33.0 Å². The van der Waals surface area contributed by atoms with E-state index in [1.54, 1.807) is 6.07 Å². The van der Waals surface area contributed by atoms with Gasteiger partial charge in [-0.05, 0) is 24.6 Å². The second kappa shape index (κ2) is 6.22. The number of benzene rings is 1. The smallest absolute Gasteiger partial charge is 0.0933 e. The molecule has 1 aliphatic rings. The van der Waals surface area contributed by atoms with Crippen molar-refractivity contribution in [2.45, 2.75) is 25.6 Å². The summed E-state index contributed by atoms with van der Waals surface area (Å²) in [6.07, 6.45) is -0.104. The summed E-state index contributed by atoms with van der Waals surface area (Å²) >= 11 is 12.1. The number of nitrogens with zero attached hydrogens (tertiary/aromatic N) is 1. The lowest BCUT2D eigenvalue weighted by Crippen LogP contribution is -2.48. The minimum absolute atomic E-state index is 0.0531. The van der Waals surface area contributed by atoms with Crippen molar-refractivity contribution in [1.82, 2.24) is 4.90 Å². The van der Waals surface area contributed by atoms with Gasteiger partial charge in [-0.15, -0.1) is 0 Å². The molecule has 1 fully saturated rings. The summed E-state index contributed by atoms with van der Waals surface area (Å²) in [6, 6.07) is 5.87. The Balaban J connectivity index is 2.07. The van der Waals surface area contributed by atoms with Gasteiger partial charge in [-0.2, -0.15) is 0 Å². The van der Waals surface area contributed by atoms with Gasteiger partial charge >= 0.3 is 0 Å². The fourth-order valence-corrected chi connectivity index (χ4v) is 2.54. The zero-order chi connectivity index (χ0) is 13.1. The standard InChI is InChI=1S/C13H17Cl2NO2/c1-9-8-18-12(7-17)6-16(9)5-10-2-3-11(14)4-13(10)15/h2-4,9,12,17H,5-8H2,1H3. The Morgan fingerprint density at radius 2 is 2.22 bits per heavy atom. The van der Waals surface area contributed by atoms with Crippen LogP contribution < -0.4 is 0 Å². The molecular weight excluding hydrogens is 273 g/mol. The molecule has 1 saturated heterocycles. The Labute approximate surface area is 117 Å². The van der Waals surface area contributed by atoms with E-state index in [-0.39, 0.29) is 12.7 Å². The van der Waals surface area contributed by atoms with Crippen LogP contribution in [-0.4, -0.2) is 41.9 Å². The molecule has 2 rings (SSSR count). The van der Waals surface area contributed by atoms with Crippen LogP contribution in [0.15, 0.2) is 18.2 Å². The Hall–Kier alpha value is -0.320. The van der Waals surface area contributed by atoms with Gasteiger partial charge in [0.15, 0.2) is 0 Å². The summed E-state index contributed by atoms with van der Waals surface area (Å²) in [4.78, 5) is 2.26. The lowest BCUT2D eigenvalue weighted by molar-refractivity contribution is -0.0805. The van der Waals surface area contributed by atoms with Crippen molar-refractivity contribution in [3.63, 3.8) is 0 Å². The predicted molar refractivity (Wildman–Crippen MR) is 73.2 cm³/mol.